The Balaban J connectivity index is 1.95. The van der Waals surface area contributed by atoms with E-state index in [0.717, 1.165) is 26.1 Å². The Bertz CT molecular complexity index is 457. The largest absolute Gasteiger partial charge is 0.396 e. The van der Waals surface area contributed by atoms with E-state index in [0.29, 0.717) is 18.0 Å². The van der Waals surface area contributed by atoms with Crippen molar-refractivity contribution in [3.8, 4) is 0 Å². The average molecular weight is 319 g/mol. The molecule has 0 bridgehead atoms. The number of aliphatic hydroxyl groups is 1. The number of nitrogens with zero attached hydrogens (tertiary/aromatic N) is 1. The molecule has 1 heterocycles. The molecule has 0 aliphatic carbocycles. The van der Waals surface area contributed by atoms with Crippen LogP contribution in [0.3, 0.4) is 0 Å². The standard InChI is InChI=1S/C19H33N3O/c1-15(14-23)11-22(12-16-8-6-5-7-9-16)13-17-10-18(21-20-17)19(2,3)4/h5-9,15,17-18,20-21,23H,10-14H2,1-4H3. The van der Waals surface area contributed by atoms with Crippen molar-refractivity contribution < 1.29 is 5.11 Å². The first-order valence-electron chi connectivity index (χ1n) is 8.76. The van der Waals surface area contributed by atoms with Crippen molar-refractivity contribution in [2.24, 2.45) is 11.3 Å². The van der Waals surface area contributed by atoms with Gasteiger partial charge in [-0.25, -0.2) is 0 Å². The smallest absolute Gasteiger partial charge is 0.0468 e. The zero-order valence-electron chi connectivity index (χ0n) is 15.0. The predicted molar refractivity (Wildman–Crippen MR) is 95.9 cm³/mol. The van der Waals surface area contributed by atoms with E-state index in [9.17, 15) is 5.11 Å². The molecule has 1 saturated heterocycles. The first-order valence-corrected chi connectivity index (χ1v) is 8.76. The van der Waals surface area contributed by atoms with Crippen molar-refractivity contribution in [3.63, 3.8) is 0 Å². The van der Waals surface area contributed by atoms with Gasteiger partial charge in [-0.3, -0.25) is 15.8 Å². The third-order valence-corrected chi connectivity index (χ3v) is 4.64. The van der Waals surface area contributed by atoms with Crippen molar-refractivity contribution >= 4 is 0 Å². The number of hydrazine groups is 1. The number of aliphatic hydroxyl groups excluding tert-OH is 1. The molecule has 2 rings (SSSR count). The van der Waals surface area contributed by atoms with Gasteiger partial charge in [-0.1, -0.05) is 58.0 Å². The zero-order chi connectivity index (χ0) is 16.9. The van der Waals surface area contributed by atoms with E-state index in [1.807, 2.05) is 0 Å². The molecule has 0 aromatic heterocycles. The van der Waals surface area contributed by atoms with Gasteiger partial charge in [0.15, 0.2) is 0 Å². The minimum absolute atomic E-state index is 0.242. The molecule has 1 fully saturated rings. The molecule has 0 spiro atoms. The van der Waals surface area contributed by atoms with E-state index >= 15 is 0 Å². The molecular formula is C19H33N3O. The Morgan fingerprint density at radius 2 is 1.91 bits per heavy atom. The lowest BCUT2D eigenvalue weighted by Crippen LogP contribution is -2.43. The summed E-state index contributed by atoms with van der Waals surface area (Å²) >= 11 is 0. The Labute approximate surface area is 141 Å². The Morgan fingerprint density at radius 3 is 2.48 bits per heavy atom. The lowest BCUT2D eigenvalue weighted by Gasteiger charge is -2.28. The van der Waals surface area contributed by atoms with Gasteiger partial charge in [0.25, 0.3) is 0 Å². The fraction of sp³-hybridized carbons (Fsp3) is 0.684. The van der Waals surface area contributed by atoms with Gasteiger partial charge >= 0.3 is 0 Å². The molecule has 0 saturated carbocycles. The maximum Gasteiger partial charge on any atom is 0.0468 e. The van der Waals surface area contributed by atoms with Crippen molar-refractivity contribution in [1.29, 1.82) is 0 Å². The van der Waals surface area contributed by atoms with Crippen LogP contribution in [0, 0.1) is 11.3 Å². The molecule has 1 aliphatic heterocycles. The van der Waals surface area contributed by atoms with Gasteiger partial charge in [-0.15, -0.1) is 0 Å². The van der Waals surface area contributed by atoms with Crippen LogP contribution in [-0.4, -0.2) is 41.8 Å². The van der Waals surface area contributed by atoms with Crippen LogP contribution < -0.4 is 10.9 Å². The van der Waals surface area contributed by atoms with Gasteiger partial charge in [0.05, 0.1) is 0 Å². The fourth-order valence-electron chi connectivity index (χ4n) is 3.17. The molecule has 1 aromatic rings. The van der Waals surface area contributed by atoms with Crippen molar-refractivity contribution in [3.05, 3.63) is 35.9 Å². The van der Waals surface area contributed by atoms with Gasteiger partial charge in [0.1, 0.15) is 0 Å². The predicted octanol–water partition coefficient (Wildman–Crippen LogP) is 2.40. The zero-order valence-corrected chi connectivity index (χ0v) is 15.0. The summed E-state index contributed by atoms with van der Waals surface area (Å²) in [4.78, 5) is 2.46. The molecule has 1 aromatic carbocycles. The quantitative estimate of drug-likeness (QED) is 0.722. The average Bonchev–Trinajstić information content (AvgIpc) is 2.96. The third kappa shape index (κ3) is 5.88. The highest BCUT2D eigenvalue weighted by Crippen LogP contribution is 2.25. The minimum atomic E-state index is 0.242. The van der Waals surface area contributed by atoms with E-state index in [2.05, 4.69) is 73.8 Å². The highest BCUT2D eigenvalue weighted by atomic mass is 16.3. The number of rotatable bonds is 7. The third-order valence-electron chi connectivity index (χ3n) is 4.64. The normalized spacial score (nSPS) is 23.4. The van der Waals surface area contributed by atoms with Crippen LogP contribution >= 0.6 is 0 Å². The maximum absolute atomic E-state index is 9.40. The van der Waals surface area contributed by atoms with Gasteiger partial charge in [-0.05, 0) is 23.3 Å². The summed E-state index contributed by atoms with van der Waals surface area (Å²) in [6.07, 6.45) is 1.14. The second-order valence-corrected chi connectivity index (χ2v) is 8.11. The van der Waals surface area contributed by atoms with Crippen LogP contribution in [0.2, 0.25) is 0 Å². The molecule has 23 heavy (non-hydrogen) atoms. The highest BCUT2D eigenvalue weighted by Gasteiger charge is 2.33. The van der Waals surface area contributed by atoms with Gasteiger partial charge in [-0.2, -0.15) is 0 Å². The molecular weight excluding hydrogens is 286 g/mol. The van der Waals surface area contributed by atoms with E-state index in [1.54, 1.807) is 0 Å². The number of nitrogens with one attached hydrogen (secondary N) is 2. The van der Waals surface area contributed by atoms with Gasteiger partial charge in [0.2, 0.25) is 0 Å². The first-order chi connectivity index (χ1) is 10.9. The molecule has 3 unspecified atom stereocenters. The molecule has 4 heteroatoms. The molecule has 0 radical (unpaired) electrons. The Hall–Kier alpha value is -0.940. The monoisotopic (exact) mass is 319 g/mol. The van der Waals surface area contributed by atoms with E-state index in [-0.39, 0.29) is 12.0 Å². The molecule has 3 N–H and O–H groups in total. The second kappa shape index (κ2) is 8.25. The van der Waals surface area contributed by atoms with Gasteiger partial charge < -0.3 is 5.11 Å². The number of benzene rings is 1. The summed E-state index contributed by atoms with van der Waals surface area (Å²) in [5, 5.41) is 9.40. The summed E-state index contributed by atoms with van der Waals surface area (Å²) in [5.74, 6) is 0.298. The number of hydrogen-bond donors (Lipinski definition) is 3. The van der Waals surface area contributed by atoms with Crippen LogP contribution in [-0.2, 0) is 6.54 Å². The summed E-state index contributed by atoms with van der Waals surface area (Å²) in [6.45, 7) is 12.0. The topological polar surface area (TPSA) is 47.5 Å². The van der Waals surface area contributed by atoms with Crippen LogP contribution in [0.15, 0.2) is 30.3 Å². The summed E-state index contributed by atoms with van der Waals surface area (Å²) < 4.78 is 0. The van der Waals surface area contributed by atoms with Crippen molar-refractivity contribution in [1.82, 2.24) is 15.8 Å². The first kappa shape index (κ1) is 18.4. The molecule has 130 valence electrons. The van der Waals surface area contributed by atoms with E-state index in [1.165, 1.54) is 5.56 Å². The fourth-order valence-corrected chi connectivity index (χ4v) is 3.17. The SMILES string of the molecule is CC(CO)CN(Cc1ccccc1)CC1CC(C(C)(C)C)NN1. The van der Waals surface area contributed by atoms with Crippen LogP contribution in [0.1, 0.15) is 39.7 Å². The molecule has 3 atom stereocenters. The Morgan fingerprint density at radius 1 is 1.22 bits per heavy atom. The van der Waals surface area contributed by atoms with Crippen LogP contribution in [0.25, 0.3) is 0 Å². The van der Waals surface area contributed by atoms with E-state index < -0.39 is 0 Å². The van der Waals surface area contributed by atoms with Crippen LogP contribution in [0.4, 0.5) is 0 Å². The summed E-state index contributed by atoms with van der Waals surface area (Å²) in [5.41, 5.74) is 8.52. The number of hydrogen-bond acceptors (Lipinski definition) is 4. The van der Waals surface area contributed by atoms with Crippen LogP contribution in [0.5, 0.6) is 0 Å². The lowest BCUT2D eigenvalue weighted by molar-refractivity contribution is 0.159. The molecule has 1 aliphatic rings. The lowest BCUT2D eigenvalue weighted by atomic mass is 9.84. The molecule has 0 amide bonds. The Kier molecular flexibility index (Phi) is 6.60. The second-order valence-electron chi connectivity index (χ2n) is 8.11. The maximum atomic E-state index is 9.40. The van der Waals surface area contributed by atoms with Gasteiger partial charge in [0, 0.05) is 38.3 Å². The highest BCUT2D eigenvalue weighted by molar-refractivity contribution is 5.14. The molecule has 4 nitrogen and oxygen atoms in total. The van der Waals surface area contributed by atoms with E-state index in [4.69, 9.17) is 0 Å². The summed E-state index contributed by atoms with van der Waals surface area (Å²) in [6, 6.07) is 11.5. The minimum Gasteiger partial charge on any atom is -0.396 e. The van der Waals surface area contributed by atoms with Crippen molar-refractivity contribution in [2.75, 3.05) is 19.7 Å². The summed E-state index contributed by atoms with van der Waals surface area (Å²) in [7, 11) is 0. The van der Waals surface area contributed by atoms with Crippen molar-refractivity contribution in [2.45, 2.75) is 52.7 Å².